The molecule has 22 heavy (non-hydrogen) atoms. The molecule has 1 N–H and O–H groups in total. The van der Waals surface area contributed by atoms with Crippen LogP contribution in [0, 0.1) is 12.7 Å². The van der Waals surface area contributed by atoms with Gasteiger partial charge in [0, 0.05) is 10.5 Å². The van der Waals surface area contributed by atoms with Gasteiger partial charge in [-0.2, -0.15) is 0 Å². The Morgan fingerprint density at radius 2 is 2.14 bits per heavy atom. The third-order valence-electron chi connectivity index (χ3n) is 2.68. The second kappa shape index (κ2) is 6.69. The van der Waals surface area contributed by atoms with Crippen molar-refractivity contribution >= 4 is 33.7 Å². The van der Waals surface area contributed by atoms with Gasteiger partial charge in [0.2, 0.25) is 5.88 Å². The van der Waals surface area contributed by atoms with E-state index in [1.165, 1.54) is 19.1 Å². The average Bonchev–Trinajstić information content (AvgIpc) is 2.83. The first-order chi connectivity index (χ1) is 10.4. The van der Waals surface area contributed by atoms with Gasteiger partial charge < -0.3 is 9.26 Å². The van der Waals surface area contributed by atoms with E-state index in [1.54, 1.807) is 6.92 Å². The number of carbonyl (C=O) groups is 2. The number of amides is 1. The van der Waals surface area contributed by atoms with Crippen molar-refractivity contribution in [3.63, 3.8) is 0 Å². The number of halogens is 2. The highest BCUT2D eigenvalue weighted by Crippen LogP contribution is 2.19. The number of carbonyl (C=O) groups excluding carboxylic acids is 2. The molecule has 8 heteroatoms. The SMILES string of the molecule is Cc1cc(NC(=O)C(C)OC(=O)c2ccc(F)cc2Br)on1. The van der Waals surface area contributed by atoms with Gasteiger partial charge >= 0.3 is 5.97 Å². The van der Waals surface area contributed by atoms with Gasteiger partial charge in [0.15, 0.2) is 6.10 Å². The molecule has 116 valence electrons. The molecular weight excluding hydrogens is 359 g/mol. The zero-order valence-corrected chi connectivity index (χ0v) is 13.3. The van der Waals surface area contributed by atoms with Gasteiger partial charge in [-0.25, -0.2) is 9.18 Å². The zero-order valence-electron chi connectivity index (χ0n) is 11.7. The number of esters is 1. The van der Waals surface area contributed by atoms with E-state index in [1.807, 2.05) is 0 Å². The monoisotopic (exact) mass is 370 g/mol. The number of nitrogens with zero attached hydrogens (tertiary/aromatic N) is 1. The van der Waals surface area contributed by atoms with Crippen LogP contribution in [0.3, 0.4) is 0 Å². The zero-order chi connectivity index (χ0) is 16.3. The van der Waals surface area contributed by atoms with E-state index in [9.17, 15) is 14.0 Å². The lowest BCUT2D eigenvalue weighted by Gasteiger charge is -2.12. The van der Waals surface area contributed by atoms with Gasteiger partial charge in [0.1, 0.15) is 5.82 Å². The maximum absolute atomic E-state index is 13.0. The predicted octanol–water partition coefficient (Wildman–Crippen LogP) is 3.07. The highest BCUT2D eigenvalue weighted by Gasteiger charge is 2.21. The van der Waals surface area contributed by atoms with Crippen molar-refractivity contribution in [1.29, 1.82) is 0 Å². The Bertz CT molecular complexity index is 717. The number of aromatic nitrogens is 1. The van der Waals surface area contributed by atoms with Crippen molar-refractivity contribution < 1.29 is 23.2 Å². The summed E-state index contributed by atoms with van der Waals surface area (Å²) in [4.78, 5) is 23.8. The molecule has 2 rings (SSSR count). The first-order valence-electron chi connectivity index (χ1n) is 6.27. The Morgan fingerprint density at radius 1 is 1.41 bits per heavy atom. The lowest BCUT2D eigenvalue weighted by atomic mass is 10.2. The number of hydrogen-bond acceptors (Lipinski definition) is 5. The summed E-state index contributed by atoms with van der Waals surface area (Å²) in [6, 6.07) is 5.07. The Labute approximate surface area is 133 Å². The summed E-state index contributed by atoms with van der Waals surface area (Å²) in [5.74, 6) is -1.64. The van der Waals surface area contributed by atoms with E-state index in [0.717, 1.165) is 12.1 Å². The minimum atomic E-state index is -1.06. The van der Waals surface area contributed by atoms with Crippen LogP contribution in [0.5, 0.6) is 0 Å². The fourth-order valence-electron chi connectivity index (χ4n) is 1.58. The van der Waals surface area contributed by atoms with Crippen molar-refractivity contribution in [2.24, 2.45) is 0 Å². The third kappa shape index (κ3) is 3.91. The molecule has 0 bridgehead atoms. The lowest BCUT2D eigenvalue weighted by molar-refractivity contribution is -0.123. The molecule has 1 atom stereocenters. The standard InChI is InChI=1S/C14H12BrFN2O4/c1-7-5-12(22-18-7)17-13(19)8(2)21-14(20)10-4-3-9(16)6-11(10)15/h3-6,8H,1-2H3,(H,17,19). The molecule has 1 aromatic heterocycles. The molecular formula is C14H12BrFN2O4. The average molecular weight is 371 g/mol. The highest BCUT2D eigenvalue weighted by atomic mass is 79.9. The minimum absolute atomic E-state index is 0.122. The summed E-state index contributed by atoms with van der Waals surface area (Å²) in [6.45, 7) is 3.11. The number of aryl methyl sites for hydroxylation is 1. The van der Waals surface area contributed by atoms with Crippen LogP contribution in [0.1, 0.15) is 23.0 Å². The summed E-state index contributed by atoms with van der Waals surface area (Å²) in [5, 5.41) is 6.04. The number of benzene rings is 1. The van der Waals surface area contributed by atoms with Gasteiger partial charge in [0.05, 0.1) is 11.3 Å². The molecule has 6 nitrogen and oxygen atoms in total. The topological polar surface area (TPSA) is 81.4 Å². The smallest absolute Gasteiger partial charge is 0.340 e. The van der Waals surface area contributed by atoms with E-state index < -0.39 is 23.8 Å². The van der Waals surface area contributed by atoms with Crippen molar-refractivity contribution in [2.45, 2.75) is 20.0 Å². The summed E-state index contributed by atoms with van der Waals surface area (Å²) < 4.78 is 23.1. The Hall–Kier alpha value is -2.22. The summed E-state index contributed by atoms with van der Waals surface area (Å²) >= 11 is 3.07. The molecule has 0 fully saturated rings. The van der Waals surface area contributed by atoms with Crippen LogP contribution in [-0.2, 0) is 9.53 Å². The fraction of sp³-hybridized carbons (Fsp3) is 0.214. The minimum Gasteiger partial charge on any atom is -0.449 e. The van der Waals surface area contributed by atoms with E-state index in [0.29, 0.717) is 5.69 Å². The van der Waals surface area contributed by atoms with Gasteiger partial charge in [-0.3, -0.25) is 10.1 Å². The van der Waals surface area contributed by atoms with E-state index in [4.69, 9.17) is 9.26 Å². The van der Waals surface area contributed by atoms with E-state index >= 15 is 0 Å². The third-order valence-corrected chi connectivity index (χ3v) is 3.33. The summed E-state index contributed by atoms with van der Waals surface area (Å²) in [6.07, 6.45) is -1.06. The molecule has 0 aliphatic carbocycles. The molecule has 0 spiro atoms. The van der Waals surface area contributed by atoms with Crippen LogP contribution in [0.2, 0.25) is 0 Å². The van der Waals surface area contributed by atoms with E-state index in [-0.39, 0.29) is 15.9 Å². The van der Waals surface area contributed by atoms with Crippen molar-refractivity contribution in [1.82, 2.24) is 5.16 Å². The van der Waals surface area contributed by atoms with Crippen molar-refractivity contribution in [3.05, 3.63) is 45.8 Å². The summed E-state index contributed by atoms with van der Waals surface area (Å²) in [5.41, 5.74) is 0.728. The Morgan fingerprint density at radius 3 is 2.73 bits per heavy atom. The fourth-order valence-corrected chi connectivity index (χ4v) is 2.09. The molecule has 0 saturated carbocycles. The number of rotatable bonds is 4. The highest BCUT2D eigenvalue weighted by molar-refractivity contribution is 9.10. The van der Waals surface area contributed by atoms with Gasteiger partial charge in [-0.05, 0) is 48.0 Å². The molecule has 1 heterocycles. The second-order valence-corrected chi connectivity index (χ2v) is 5.35. The van der Waals surface area contributed by atoms with Crippen LogP contribution in [0.25, 0.3) is 0 Å². The predicted molar refractivity (Wildman–Crippen MR) is 78.8 cm³/mol. The summed E-state index contributed by atoms with van der Waals surface area (Å²) in [7, 11) is 0. The lowest BCUT2D eigenvalue weighted by Crippen LogP contribution is -2.30. The van der Waals surface area contributed by atoms with Crippen LogP contribution >= 0.6 is 15.9 Å². The maximum Gasteiger partial charge on any atom is 0.340 e. The molecule has 1 unspecified atom stereocenters. The van der Waals surface area contributed by atoms with Crippen molar-refractivity contribution in [2.75, 3.05) is 5.32 Å². The first kappa shape index (κ1) is 16.2. The van der Waals surface area contributed by atoms with Crippen LogP contribution in [-0.4, -0.2) is 23.1 Å². The van der Waals surface area contributed by atoms with Gasteiger partial charge in [0.25, 0.3) is 5.91 Å². The molecule has 0 aliphatic rings. The molecule has 1 amide bonds. The molecule has 2 aromatic rings. The van der Waals surface area contributed by atoms with Gasteiger partial charge in [-0.1, -0.05) is 5.16 Å². The van der Waals surface area contributed by atoms with Crippen molar-refractivity contribution in [3.8, 4) is 0 Å². The quantitative estimate of drug-likeness (QED) is 0.836. The largest absolute Gasteiger partial charge is 0.449 e. The number of nitrogens with one attached hydrogen (secondary N) is 1. The van der Waals surface area contributed by atoms with Crippen LogP contribution in [0.4, 0.5) is 10.3 Å². The normalized spacial score (nSPS) is 11.8. The molecule has 0 saturated heterocycles. The molecule has 0 radical (unpaired) electrons. The maximum atomic E-state index is 13.0. The van der Waals surface area contributed by atoms with Crippen LogP contribution < -0.4 is 5.32 Å². The van der Waals surface area contributed by atoms with Gasteiger partial charge in [-0.15, -0.1) is 0 Å². The Kier molecular flexibility index (Phi) is 4.92. The first-order valence-corrected chi connectivity index (χ1v) is 7.06. The van der Waals surface area contributed by atoms with E-state index in [2.05, 4.69) is 26.4 Å². The molecule has 1 aromatic carbocycles. The number of ether oxygens (including phenoxy) is 1. The second-order valence-electron chi connectivity index (χ2n) is 4.49. The molecule has 0 aliphatic heterocycles. The number of hydrogen-bond donors (Lipinski definition) is 1. The number of anilines is 1. The van der Waals surface area contributed by atoms with Crippen LogP contribution in [0.15, 0.2) is 33.3 Å². The Balaban J connectivity index is 1.99.